The van der Waals surface area contributed by atoms with Gasteiger partial charge in [0.05, 0.1) is 0 Å². The molecule has 1 atom stereocenters. The standard InChI is InChI=1S/C15H16F13NO/c1-3-8(6-5-7-29-9(30)4-2)10(16,17)11(18,19)12(20,21)13(22,23)14(24,25)15(26,27)28/h4,8H,2-3,5-7H2,1H3,(H,29,30). The van der Waals surface area contributed by atoms with Crippen molar-refractivity contribution in [2.24, 2.45) is 5.92 Å². The Morgan fingerprint density at radius 2 is 1.27 bits per heavy atom. The summed E-state index contributed by atoms with van der Waals surface area (Å²) < 4.78 is 171. The molecule has 15 heteroatoms. The SMILES string of the molecule is C=CC(=O)NCCCC(CC)C(F)(F)C(F)(F)C(F)(F)C(F)(F)C(F)(F)C(F)(F)F. The predicted molar refractivity (Wildman–Crippen MR) is 77.0 cm³/mol. The van der Waals surface area contributed by atoms with Crippen LogP contribution in [0.3, 0.4) is 0 Å². The predicted octanol–water partition coefficient (Wildman–Crippen LogP) is 5.83. The molecule has 1 amide bonds. The minimum atomic E-state index is -7.90. The second-order valence-electron chi connectivity index (χ2n) is 6.16. The quantitative estimate of drug-likeness (QED) is 0.228. The number of rotatable bonds is 11. The summed E-state index contributed by atoms with van der Waals surface area (Å²) in [6.07, 6.45) is -9.41. The minimum absolute atomic E-state index is 0.457. The van der Waals surface area contributed by atoms with Gasteiger partial charge in [0.2, 0.25) is 5.91 Å². The van der Waals surface area contributed by atoms with Crippen molar-refractivity contribution in [3.05, 3.63) is 12.7 Å². The highest BCUT2D eigenvalue weighted by Gasteiger charge is 2.91. The van der Waals surface area contributed by atoms with Gasteiger partial charge < -0.3 is 5.32 Å². The molecule has 0 aromatic carbocycles. The Morgan fingerprint density at radius 3 is 1.63 bits per heavy atom. The average Bonchev–Trinajstić information content (AvgIpc) is 2.59. The van der Waals surface area contributed by atoms with Gasteiger partial charge in [0.25, 0.3) is 0 Å². The van der Waals surface area contributed by atoms with Gasteiger partial charge in [-0.15, -0.1) is 0 Å². The molecule has 1 unspecified atom stereocenters. The van der Waals surface area contributed by atoms with Crippen molar-refractivity contribution < 1.29 is 61.9 Å². The third kappa shape index (κ3) is 4.63. The Morgan fingerprint density at radius 1 is 0.833 bits per heavy atom. The third-order valence-electron chi connectivity index (χ3n) is 4.18. The molecule has 0 heterocycles. The molecular weight excluding hydrogens is 457 g/mol. The van der Waals surface area contributed by atoms with E-state index < -0.39 is 73.4 Å². The summed E-state index contributed by atoms with van der Waals surface area (Å²) in [6, 6.07) is 0. The van der Waals surface area contributed by atoms with Crippen LogP contribution in [-0.4, -0.2) is 48.2 Å². The summed E-state index contributed by atoms with van der Waals surface area (Å²) in [6.45, 7) is 3.31. The fourth-order valence-corrected chi connectivity index (χ4v) is 2.31. The monoisotopic (exact) mass is 473 g/mol. The van der Waals surface area contributed by atoms with Crippen LogP contribution in [0.1, 0.15) is 26.2 Å². The molecule has 2 nitrogen and oxygen atoms in total. The lowest BCUT2D eigenvalue weighted by Gasteiger charge is -2.41. The first-order valence-corrected chi connectivity index (χ1v) is 8.02. The first-order chi connectivity index (χ1) is 13.2. The molecule has 30 heavy (non-hydrogen) atoms. The van der Waals surface area contributed by atoms with Crippen LogP contribution in [0, 0.1) is 5.92 Å². The van der Waals surface area contributed by atoms with E-state index in [-0.39, 0.29) is 0 Å². The van der Waals surface area contributed by atoms with Crippen molar-refractivity contribution in [1.29, 1.82) is 0 Å². The van der Waals surface area contributed by atoms with Crippen molar-refractivity contribution in [2.75, 3.05) is 6.54 Å². The van der Waals surface area contributed by atoms with Crippen molar-refractivity contribution in [1.82, 2.24) is 5.32 Å². The Labute approximate surface area is 161 Å². The van der Waals surface area contributed by atoms with E-state index in [0.717, 1.165) is 13.0 Å². The van der Waals surface area contributed by atoms with E-state index in [1.165, 1.54) is 0 Å². The Kier molecular flexibility index (Phi) is 8.31. The molecule has 0 fully saturated rings. The van der Waals surface area contributed by atoms with Gasteiger partial charge in [-0.2, -0.15) is 57.1 Å². The lowest BCUT2D eigenvalue weighted by molar-refractivity contribution is -0.443. The fraction of sp³-hybridized carbons (Fsp3) is 0.800. The van der Waals surface area contributed by atoms with Crippen LogP contribution in [0.25, 0.3) is 0 Å². The zero-order valence-electron chi connectivity index (χ0n) is 15.0. The van der Waals surface area contributed by atoms with Crippen LogP contribution in [0.2, 0.25) is 0 Å². The molecule has 178 valence electrons. The summed E-state index contributed by atoms with van der Waals surface area (Å²) in [5.41, 5.74) is 0. The van der Waals surface area contributed by atoms with Gasteiger partial charge in [0.15, 0.2) is 0 Å². The van der Waals surface area contributed by atoms with Gasteiger partial charge >= 0.3 is 35.8 Å². The van der Waals surface area contributed by atoms with E-state index >= 15 is 0 Å². The van der Waals surface area contributed by atoms with Crippen molar-refractivity contribution in [3.8, 4) is 0 Å². The van der Waals surface area contributed by atoms with Gasteiger partial charge in [-0.1, -0.05) is 13.5 Å². The average molecular weight is 473 g/mol. The van der Waals surface area contributed by atoms with Crippen molar-refractivity contribution in [3.63, 3.8) is 0 Å². The summed E-state index contributed by atoms with van der Waals surface area (Å²) in [7, 11) is 0. The van der Waals surface area contributed by atoms with E-state index in [0.29, 0.717) is 0 Å². The van der Waals surface area contributed by atoms with Gasteiger partial charge in [-0.25, -0.2) is 0 Å². The molecule has 0 saturated heterocycles. The Balaban J connectivity index is 5.91. The molecule has 0 aromatic heterocycles. The van der Waals surface area contributed by atoms with E-state index in [1.54, 1.807) is 0 Å². The number of alkyl halides is 13. The summed E-state index contributed by atoms with van der Waals surface area (Å²) in [5.74, 6) is -40.5. The summed E-state index contributed by atoms with van der Waals surface area (Å²) in [4.78, 5) is 10.9. The highest BCUT2D eigenvalue weighted by Crippen LogP contribution is 2.61. The first-order valence-electron chi connectivity index (χ1n) is 8.02. The first kappa shape index (κ1) is 28.3. The second kappa shape index (κ2) is 8.81. The number of hydrogen-bond donors (Lipinski definition) is 1. The lowest BCUT2D eigenvalue weighted by Crippen LogP contribution is -2.71. The largest absolute Gasteiger partial charge is 0.460 e. The number of halogens is 13. The summed E-state index contributed by atoms with van der Waals surface area (Å²) >= 11 is 0. The molecule has 0 aliphatic carbocycles. The Bertz CT molecular complexity index is 612. The van der Waals surface area contributed by atoms with Gasteiger partial charge in [-0.05, 0) is 25.3 Å². The van der Waals surface area contributed by atoms with Crippen LogP contribution < -0.4 is 5.32 Å². The topological polar surface area (TPSA) is 29.1 Å². The second-order valence-corrected chi connectivity index (χ2v) is 6.16. The maximum atomic E-state index is 14.0. The molecule has 1 N–H and O–H groups in total. The maximum absolute atomic E-state index is 14.0. The summed E-state index contributed by atoms with van der Waals surface area (Å²) in [5, 5.41) is 2.01. The number of hydrogen-bond acceptors (Lipinski definition) is 1. The highest BCUT2D eigenvalue weighted by atomic mass is 19.4. The Hall–Kier alpha value is -1.70. The molecular formula is C15H16F13NO. The smallest absolute Gasteiger partial charge is 0.353 e. The number of carbonyl (C=O) groups is 1. The van der Waals surface area contributed by atoms with E-state index in [9.17, 15) is 61.9 Å². The zero-order chi connectivity index (χ0) is 24.4. The van der Waals surface area contributed by atoms with Crippen LogP contribution >= 0.6 is 0 Å². The number of nitrogens with one attached hydrogen (secondary N) is 1. The molecule has 0 saturated carbocycles. The van der Waals surface area contributed by atoms with Gasteiger partial charge in [0, 0.05) is 12.5 Å². The minimum Gasteiger partial charge on any atom is -0.353 e. The van der Waals surface area contributed by atoms with E-state index in [1.807, 2.05) is 5.32 Å². The highest BCUT2D eigenvalue weighted by molar-refractivity contribution is 5.86. The lowest BCUT2D eigenvalue weighted by atomic mass is 9.84. The molecule has 0 aliphatic heterocycles. The van der Waals surface area contributed by atoms with E-state index in [4.69, 9.17) is 0 Å². The van der Waals surface area contributed by atoms with Crippen LogP contribution in [0.5, 0.6) is 0 Å². The molecule has 0 aliphatic rings. The number of carbonyl (C=O) groups excluding carboxylic acids is 1. The van der Waals surface area contributed by atoms with Crippen molar-refractivity contribution >= 4 is 5.91 Å². The van der Waals surface area contributed by atoms with Crippen LogP contribution in [-0.2, 0) is 4.79 Å². The zero-order valence-corrected chi connectivity index (χ0v) is 15.0. The molecule has 0 rings (SSSR count). The molecule has 0 spiro atoms. The molecule has 0 aromatic rings. The van der Waals surface area contributed by atoms with Gasteiger partial charge in [0.1, 0.15) is 0 Å². The molecule has 0 bridgehead atoms. The van der Waals surface area contributed by atoms with Crippen LogP contribution in [0.15, 0.2) is 12.7 Å². The van der Waals surface area contributed by atoms with Gasteiger partial charge in [-0.3, -0.25) is 4.79 Å². The fourth-order valence-electron chi connectivity index (χ4n) is 2.31. The van der Waals surface area contributed by atoms with E-state index in [2.05, 4.69) is 6.58 Å². The normalized spacial score (nSPS) is 15.7. The molecule has 0 radical (unpaired) electrons. The third-order valence-corrected chi connectivity index (χ3v) is 4.18. The number of amides is 1. The van der Waals surface area contributed by atoms with Crippen molar-refractivity contribution in [2.45, 2.75) is 62.0 Å². The maximum Gasteiger partial charge on any atom is 0.460 e. The van der Waals surface area contributed by atoms with Crippen LogP contribution in [0.4, 0.5) is 57.1 Å².